The molecule has 0 aliphatic carbocycles. The summed E-state index contributed by atoms with van der Waals surface area (Å²) < 4.78 is 0. The first kappa shape index (κ1) is 15.6. The van der Waals surface area contributed by atoms with Gasteiger partial charge in [-0.1, -0.05) is 13.8 Å². The second-order valence-corrected chi connectivity index (χ2v) is 5.47. The summed E-state index contributed by atoms with van der Waals surface area (Å²) in [4.78, 5) is 14.6. The highest BCUT2D eigenvalue weighted by molar-refractivity contribution is 5.96. The van der Waals surface area contributed by atoms with Crippen molar-refractivity contribution in [3.05, 3.63) is 23.8 Å². The third kappa shape index (κ3) is 4.11. The van der Waals surface area contributed by atoms with Gasteiger partial charge in [0.25, 0.3) is 5.91 Å². The summed E-state index contributed by atoms with van der Waals surface area (Å²) in [5, 5.41) is 9.69. The molecule has 1 aromatic rings. The molecule has 0 spiro atoms. The lowest BCUT2D eigenvalue weighted by Crippen LogP contribution is -2.42. The van der Waals surface area contributed by atoms with Crippen LogP contribution in [0.25, 0.3) is 0 Å². The molecular weight excluding hydrogens is 264 g/mol. The second-order valence-electron chi connectivity index (χ2n) is 5.47. The van der Waals surface area contributed by atoms with Crippen LogP contribution in [0.3, 0.4) is 0 Å². The number of nitrogens with one attached hydrogen (secondary N) is 3. The molecule has 21 heavy (non-hydrogen) atoms. The van der Waals surface area contributed by atoms with Gasteiger partial charge in [-0.2, -0.15) is 0 Å². The lowest BCUT2D eigenvalue weighted by molar-refractivity contribution is 0.0930. The van der Waals surface area contributed by atoms with Crippen LogP contribution >= 0.6 is 0 Å². The number of nitrogens with zero attached hydrogens (tertiary/aromatic N) is 1. The number of hydrogen-bond acceptors (Lipinski definition) is 4. The van der Waals surface area contributed by atoms with Crippen LogP contribution < -0.4 is 16.0 Å². The van der Waals surface area contributed by atoms with Crippen LogP contribution in [-0.4, -0.2) is 49.6 Å². The minimum atomic E-state index is -0.00942. The SMILES string of the molecule is CCN(CC)CC(C)NC(=O)c1ccc2c(c1)NCCN2. The summed E-state index contributed by atoms with van der Waals surface area (Å²) in [5.41, 5.74) is 2.77. The molecule has 1 amide bonds. The van der Waals surface area contributed by atoms with E-state index in [0.29, 0.717) is 5.56 Å². The Morgan fingerprint density at radius 3 is 2.57 bits per heavy atom. The first-order chi connectivity index (χ1) is 10.1. The number of carbonyl (C=O) groups excluding carboxylic acids is 1. The van der Waals surface area contributed by atoms with E-state index in [4.69, 9.17) is 0 Å². The van der Waals surface area contributed by atoms with Crippen molar-refractivity contribution in [2.45, 2.75) is 26.8 Å². The van der Waals surface area contributed by atoms with Gasteiger partial charge in [0, 0.05) is 31.2 Å². The molecule has 0 bridgehead atoms. The molecule has 3 N–H and O–H groups in total. The van der Waals surface area contributed by atoms with Gasteiger partial charge < -0.3 is 20.9 Å². The van der Waals surface area contributed by atoms with E-state index in [-0.39, 0.29) is 11.9 Å². The zero-order chi connectivity index (χ0) is 15.2. The molecule has 0 radical (unpaired) electrons. The van der Waals surface area contributed by atoms with Crippen molar-refractivity contribution < 1.29 is 4.79 Å². The fourth-order valence-electron chi connectivity index (χ4n) is 2.60. The van der Waals surface area contributed by atoms with Crippen LogP contribution in [0.5, 0.6) is 0 Å². The van der Waals surface area contributed by atoms with Gasteiger partial charge in [0.15, 0.2) is 0 Å². The van der Waals surface area contributed by atoms with Gasteiger partial charge in [-0.25, -0.2) is 0 Å². The Morgan fingerprint density at radius 2 is 1.90 bits per heavy atom. The van der Waals surface area contributed by atoms with Crippen molar-refractivity contribution in [3.8, 4) is 0 Å². The van der Waals surface area contributed by atoms with E-state index in [1.165, 1.54) is 0 Å². The molecule has 2 rings (SSSR count). The second kappa shape index (κ2) is 7.31. The van der Waals surface area contributed by atoms with Crippen LogP contribution in [-0.2, 0) is 0 Å². The fraction of sp³-hybridized carbons (Fsp3) is 0.562. The lowest BCUT2D eigenvalue weighted by Gasteiger charge is -2.24. The maximum absolute atomic E-state index is 12.3. The molecular formula is C16H26N4O. The van der Waals surface area contributed by atoms with Crippen LogP contribution in [0.1, 0.15) is 31.1 Å². The smallest absolute Gasteiger partial charge is 0.251 e. The minimum absolute atomic E-state index is 0.00942. The maximum Gasteiger partial charge on any atom is 0.251 e. The quantitative estimate of drug-likeness (QED) is 0.750. The number of benzene rings is 1. The molecule has 0 saturated heterocycles. The predicted molar refractivity (Wildman–Crippen MR) is 88.1 cm³/mol. The number of rotatable bonds is 6. The average molecular weight is 290 g/mol. The van der Waals surface area contributed by atoms with Crippen LogP contribution in [0.2, 0.25) is 0 Å². The maximum atomic E-state index is 12.3. The summed E-state index contributed by atoms with van der Waals surface area (Å²) in [6.07, 6.45) is 0. The van der Waals surface area contributed by atoms with Gasteiger partial charge in [0.05, 0.1) is 11.4 Å². The van der Waals surface area contributed by atoms with Gasteiger partial charge in [-0.05, 0) is 38.2 Å². The highest BCUT2D eigenvalue weighted by Gasteiger charge is 2.15. The van der Waals surface area contributed by atoms with E-state index in [1.54, 1.807) is 0 Å². The number of hydrogen-bond donors (Lipinski definition) is 3. The first-order valence-electron chi connectivity index (χ1n) is 7.79. The number of amides is 1. The van der Waals surface area contributed by atoms with Crippen LogP contribution in [0.15, 0.2) is 18.2 Å². The highest BCUT2D eigenvalue weighted by atomic mass is 16.1. The normalized spacial score (nSPS) is 14.9. The molecule has 0 saturated carbocycles. The Balaban J connectivity index is 1.96. The molecule has 1 aliphatic rings. The highest BCUT2D eigenvalue weighted by Crippen LogP contribution is 2.25. The molecule has 1 unspecified atom stereocenters. The van der Waals surface area contributed by atoms with Gasteiger partial charge >= 0.3 is 0 Å². The molecule has 1 atom stereocenters. The Labute approximate surface area is 127 Å². The summed E-state index contributed by atoms with van der Waals surface area (Å²) in [5.74, 6) is -0.00942. The van der Waals surface area contributed by atoms with Crippen molar-refractivity contribution >= 4 is 17.3 Å². The Bertz CT molecular complexity index is 485. The van der Waals surface area contributed by atoms with Crippen molar-refractivity contribution in [1.82, 2.24) is 10.2 Å². The van der Waals surface area contributed by atoms with Gasteiger partial charge in [-0.15, -0.1) is 0 Å². The van der Waals surface area contributed by atoms with E-state index in [1.807, 2.05) is 18.2 Å². The molecule has 5 heteroatoms. The van der Waals surface area contributed by atoms with E-state index in [2.05, 4.69) is 41.6 Å². The van der Waals surface area contributed by atoms with E-state index >= 15 is 0 Å². The predicted octanol–water partition coefficient (Wildman–Crippen LogP) is 1.98. The Kier molecular flexibility index (Phi) is 5.44. The van der Waals surface area contributed by atoms with E-state index < -0.39 is 0 Å². The topological polar surface area (TPSA) is 56.4 Å². The van der Waals surface area contributed by atoms with Crippen LogP contribution in [0, 0.1) is 0 Å². The van der Waals surface area contributed by atoms with E-state index in [9.17, 15) is 4.79 Å². The summed E-state index contributed by atoms with van der Waals surface area (Å²) >= 11 is 0. The van der Waals surface area contributed by atoms with Gasteiger partial charge in [-0.3, -0.25) is 4.79 Å². The fourth-order valence-corrected chi connectivity index (χ4v) is 2.60. The Hall–Kier alpha value is -1.75. The van der Waals surface area contributed by atoms with Crippen molar-refractivity contribution in [2.24, 2.45) is 0 Å². The van der Waals surface area contributed by atoms with Gasteiger partial charge in [0.2, 0.25) is 0 Å². The third-order valence-corrected chi connectivity index (χ3v) is 3.84. The summed E-state index contributed by atoms with van der Waals surface area (Å²) in [7, 11) is 0. The van der Waals surface area contributed by atoms with Crippen molar-refractivity contribution in [2.75, 3.05) is 43.4 Å². The molecule has 0 aromatic heterocycles. The number of fused-ring (bicyclic) bond motifs is 1. The average Bonchev–Trinajstić information content (AvgIpc) is 2.52. The Morgan fingerprint density at radius 1 is 1.24 bits per heavy atom. The zero-order valence-electron chi connectivity index (χ0n) is 13.2. The summed E-state index contributed by atoms with van der Waals surface area (Å²) in [6.45, 7) is 11.0. The summed E-state index contributed by atoms with van der Waals surface area (Å²) in [6, 6.07) is 5.89. The molecule has 5 nitrogen and oxygen atoms in total. The van der Waals surface area contributed by atoms with Crippen molar-refractivity contribution in [3.63, 3.8) is 0 Å². The zero-order valence-corrected chi connectivity index (χ0v) is 13.2. The minimum Gasteiger partial charge on any atom is -0.382 e. The molecule has 1 heterocycles. The standard InChI is InChI=1S/C16H26N4O/c1-4-20(5-2)11-12(3)19-16(21)13-6-7-14-15(10-13)18-9-8-17-14/h6-7,10,12,17-18H,4-5,8-9,11H2,1-3H3,(H,19,21). The number of anilines is 2. The number of likely N-dealkylation sites (N-methyl/N-ethyl adjacent to an activating group) is 1. The van der Waals surface area contributed by atoms with Crippen LogP contribution in [0.4, 0.5) is 11.4 Å². The number of carbonyl (C=O) groups is 1. The molecule has 1 aromatic carbocycles. The van der Waals surface area contributed by atoms with Crippen molar-refractivity contribution in [1.29, 1.82) is 0 Å². The lowest BCUT2D eigenvalue weighted by atomic mass is 10.1. The molecule has 0 fully saturated rings. The largest absolute Gasteiger partial charge is 0.382 e. The molecule has 116 valence electrons. The van der Waals surface area contributed by atoms with Gasteiger partial charge in [0.1, 0.15) is 0 Å². The van der Waals surface area contributed by atoms with E-state index in [0.717, 1.165) is 44.1 Å². The monoisotopic (exact) mass is 290 g/mol. The first-order valence-corrected chi connectivity index (χ1v) is 7.79. The molecule has 1 aliphatic heterocycles. The third-order valence-electron chi connectivity index (χ3n) is 3.84.